The second-order valence-electron chi connectivity index (χ2n) is 6.30. The standard InChI is InChI=1S/C17H25NO2/c1-13(2)12-17(16(19)20,14-8-4-3-5-9-14)18-15-10-6-7-11-15/h3-5,8-9,13,15,18H,6-7,10-12H2,1-2H3,(H,19,20). The lowest BCUT2D eigenvalue weighted by atomic mass is 9.81. The minimum atomic E-state index is -0.954. The van der Waals surface area contributed by atoms with E-state index in [0.717, 1.165) is 18.4 Å². The fourth-order valence-electron chi connectivity index (χ4n) is 3.29. The smallest absolute Gasteiger partial charge is 0.328 e. The third-order valence-corrected chi connectivity index (χ3v) is 4.15. The van der Waals surface area contributed by atoms with Crippen molar-refractivity contribution in [1.29, 1.82) is 0 Å². The van der Waals surface area contributed by atoms with Crippen molar-refractivity contribution < 1.29 is 9.90 Å². The van der Waals surface area contributed by atoms with Gasteiger partial charge < -0.3 is 5.11 Å². The highest BCUT2D eigenvalue weighted by Gasteiger charge is 2.42. The zero-order valence-corrected chi connectivity index (χ0v) is 12.4. The molecule has 0 bridgehead atoms. The molecule has 1 fully saturated rings. The van der Waals surface area contributed by atoms with Crippen LogP contribution >= 0.6 is 0 Å². The molecule has 1 atom stereocenters. The largest absolute Gasteiger partial charge is 0.480 e. The first-order chi connectivity index (χ1) is 9.54. The normalized spacial score (nSPS) is 19.1. The fourth-order valence-corrected chi connectivity index (χ4v) is 3.29. The Labute approximate surface area is 121 Å². The van der Waals surface area contributed by atoms with Gasteiger partial charge in [0, 0.05) is 6.04 Å². The Kier molecular flexibility index (Phi) is 4.81. The van der Waals surface area contributed by atoms with Gasteiger partial charge in [0.25, 0.3) is 0 Å². The fraction of sp³-hybridized carbons (Fsp3) is 0.588. The van der Waals surface area contributed by atoms with Gasteiger partial charge in [0.05, 0.1) is 0 Å². The second kappa shape index (κ2) is 6.40. The number of hydrogen-bond donors (Lipinski definition) is 2. The van der Waals surface area contributed by atoms with E-state index in [2.05, 4.69) is 19.2 Å². The summed E-state index contributed by atoms with van der Waals surface area (Å²) in [5.74, 6) is -0.440. The number of carbonyl (C=O) groups is 1. The van der Waals surface area contributed by atoms with Crippen LogP contribution in [0.15, 0.2) is 30.3 Å². The average Bonchev–Trinajstić information content (AvgIpc) is 2.91. The lowest BCUT2D eigenvalue weighted by molar-refractivity contribution is -0.146. The summed E-state index contributed by atoms with van der Waals surface area (Å²) >= 11 is 0. The van der Waals surface area contributed by atoms with Gasteiger partial charge in [0.1, 0.15) is 5.54 Å². The Morgan fingerprint density at radius 2 is 1.90 bits per heavy atom. The number of benzene rings is 1. The van der Waals surface area contributed by atoms with Gasteiger partial charge in [-0.15, -0.1) is 0 Å². The SMILES string of the molecule is CC(C)CC(NC1CCCC1)(C(=O)O)c1ccccc1. The minimum absolute atomic E-state index is 0.320. The molecule has 3 nitrogen and oxygen atoms in total. The highest BCUT2D eigenvalue weighted by Crippen LogP contribution is 2.32. The zero-order valence-electron chi connectivity index (χ0n) is 12.4. The average molecular weight is 275 g/mol. The predicted molar refractivity (Wildman–Crippen MR) is 80.6 cm³/mol. The Balaban J connectivity index is 2.35. The molecule has 1 aromatic carbocycles. The predicted octanol–water partition coefficient (Wildman–Crippen LogP) is 3.54. The summed E-state index contributed by atoms with van der Waals surface area (Å²) in [5, 5.41) is 13.4. The molecular formula is C17H25NO2. The molecule has 2 rings (SSSR count). The number of carboxylic acid groups (broad SMARTS) is 1. The van der Waals surface area contributed by atoms with Crippen molar-refractivity contribution in [3.05, 3.63) is 35.9 Å². The van der Waals surface area contributed by atoms with Crippen LogP contribution < -0.4 is 5.32 Å². The van der Waals surface area contributed by atoms with Gasteiger partial charge in [-0.1, -0.05) is 57.0 Å². The second-order valence-corrected chi connectivity index (χ2v) is 6.30. The molecule has 1 aromatic rings. The van der Waals surface area contributed by atoms with Gasteiger partial charge in [0.2, 0.25) is 0 Å². The van der Waals surface area contributed by atoms with Gasteiger partial charge in [-0.05, 0) is 30.7 Å². The Bertz CT molecular complexity index is 438. The molecule has 20 heavy (non-hydrogen) atoms. The van der Waals surface area contributed by atoms with E-state index in [1.165, 1.54) is 12.8 Å². The monoisotopic (exact) mass is 275 g/mol. The zero-order chi connectivity index (χ0) is 14.6. The van der Waals surface area contributed by atoms with Gasteiger partial charge in [-0.25, -0.2) is 4.79 Å². The number of nitrogens with one attached hydrogen (secondary N) is 1. The van der Waals surface area contributed by atoms with E-state index in [0.29, 0.717) is 18.4 Å². The summed E-state index contributed by atoms with van der Waals surface area (Å²) in [6.07, 6.45) is 5.18. The summed E-state index contributed by atoms with van der Waals surface area (Å²) in [4.78, 5) is 12.1. The molecule has 1 unspecified atom stereocenters. The number of rotatable bonds is 6. The van der Waals surface area contributed by atoms with Crippen molar-refractivity contribution >= 4 is 5.97 Å². The molecular weight excluding hydrogens is 250 g/mol. The summed E-state index contributed by atoms with van der Waals surface area (Å²) in [6.45, 7) is 4.16. The summed E-state index contributed by atoms with van der Waals surface area (Å²) < 4.78 is 0. The highest BCUT2D eigenvalue weighted by molar-refractivity contribution is 5.81. The maximum absolute atomic E-state index is 12.1. The molecule has 0 aliphatic heterocycles. The van der Waals surface area contributed by atoms with Crippen LogP contribution in [0.1, 0.15) is 51.5 Å². The van der Waals surface area contributed by atoms with Crippen molar-refractivity contribution in [2.75, 3.05) is 0 Å². The van der Waals surface area contributed by atoms with Crippen molar-refractivity contribution in [1.82, 2.24) is 5.32 Å². The summed E-state index contributed by atoms with van der Waals surface area (Å²) in [5.41, 5.74) is -0.0853. The van der Waals surface area contributed by atoms with Gasteiger partial charge in [0.15, 0.2) is 0 Å². The van der Waals surface area contributed by atoms with Crippen molar-refractivity contribution in [2.24, 2.45) is 5.92 Å². The molecule has 0 heterocycles. The highest BCUT2D eigenvalue weighted by atomic mass is 16.4. The number of hydrogen-bond acceptors (Lipinski definition) is 2. The quantitative estimate of drug-likeness (QED) is 0.834. The third kappa shape index (κ3) is 3.21. The molecule has 1 aliphatic rings. The maximum atomic E-state index is 12.1. The first-order valence-corrected chi connectivity index (χ1v) is 7.61. The number of aliphatic carboxylic acids is 1. The Morgan fingerprint density at radius 3 is 2.40 bits per heavy atom. The molecule has 2 N–H and O–H groups in total. The summed E-state index contributed by atoms with van der Waals surface area (Å²) in [6, 6.07) is 9.95. The minimum Gasteiger partial charge on any atom is -0.480 e. The van der Waals surface area contributed by atoms with E-state index in [1.54, 1.807) is 0 Å². The third-order valence-electron chi connectivity index (χ3n) is 4.15. The molecule has 0 amide bonds. The van der Waals surface area contributed by atoms with E-state index in [-0.39, 0.29) is 0 Å². The van der Waals surface area contributed by atoms with E-state index >= 15 is 0 Å². The van der Waals surface area contributed by atoms with Gasteiger partial charge in [-0.2, -0.15) is 0 Å². The van der Waals surface area contributed by atoms with Crippen LogP contribution in [0.3, 0.4) is 0 Å². The van der Waals surface area contributed by atoms with Gasteiger partial charge >= 0.3 is 5.97 Å². The van der Waals surface area contributed by atoms with Crippen LogP contribution in [0.5, 0.6) is 0 Å². The lowest BCUT2D eigenvalue weighted by Crippen LogP contribution is -2.53. The Hall–Kier alpha value is -1.35. The van der Waals surface area contributed by atoms with Crippen LogP contribution in [0.25, 0.3) is 0 Å². The van der Waals surface area contributed by atoms with E-state index < -0.39 is 11.5 Å². The van der Waals surface area contributed by atoms with E-state index in [1.807, 2.05) is 30.3 Å². The molecule has 3 heteroatoms. The topological polar surface area (TPSA) is 49.3 Å². The molecule has 0 spiro atoms. The van der Waals surface area contributed by atoms with Crippen molar-refractivity contribution in [2.45, 2.75) is 57.5 Å². The lowest BCUT2D eigenvalue weighted by Gasteiger charge is -2.35. The summed E-state index contributed by atoms with van der Waals surface area (Å²) in [7, 11) is 0. The molecule has 0 saturated heterocycles. The van der Waals surface area contributed by atoms with Crippen LogP contribution in [0.4, 0.5) is 0 Å². The van der Waals surface area contributed by atoms with Crippen LogP contribution in [0, 0.1) is 5.92 Å². The molecule has 0 aromatic heterocycles. The van der Waals surface area contributed by atoms with Crippen LogP contribution in [-0.2, 0) is 10.3 Å². The van der Waals surface area contributed by atoms with Crippen molar-refractivity contribution in [3.8, 4) is 0 Å². The van der Waals surface area contributed by atoms with Gasteiger partial charge in [-0.3, -0.25) is 5.32 Å². The molecule has 110 valence electrons. The van der Waals surface area contributed by atoms with Crippen LogP contribution in [0.2, 0.25) is 0 Å². The van der Waals surface area contributed by atoms with E-state index in [9.17, 15) is 9.90 Å². The van der Waals surface area contributed by atoms with E-state index in [4.69, 9.17) is 0 Å². The maximum Gasteiger partial charge on any atom is 0.328 e. The first kappa shape index (κ1) is 15.0. The van der Waals surface area contributed by atoms with Crippen LogP contribution in [-0.4, -0.2) is 17.1 Å². The molecule has 1 aliphatic carbocycles. The molecule has 1 saturated carbocycles. The van der Waals surface area contributed by atoms with Crippen molar-refractivity contribution in [3.63, 3.8) is 0 Å². The number of carboxylic acids is 1. The first-order valence-electron chi connectivity index (χ1n) is 7.61. The Morgan fingerprint density at radius 1 is 1.30 bits per heavy atom. The molecule has 0 radical (unpaired) electrons.